The number of aromatic nitrogens is 5. The van der Waals surface area contributed by atoms with Gasteiger partial charge in [0.25, 0.3) is 0 Å². The zero-order valence-corrected chi connectivity index (χ0v) is 12.1. The SMILES string of the molecule is CCn1nc(-c2cnc3[nH]ccc3n2)c2ccc(Cl)cc21. The maximum absolute atomic E-state index is 6.09. The molecule has 6 heteroatoms. The van der Waals surface area contributed by atoms with Gasteiger partial charge < -0.3 is 4.98 Å². The summed E-state index contributed by atoms with van der Waals surface area (Å²) in [4.78, 5) is 12.0. The topological polar surface area (TPSA) is 59.4 Å². The Labute approximate surface area is 125 Å². The van der Waals surface area contributed by atoms with E-state index >= 15 is 0 Å². The molecule has 0 atom stereocenters. The van der Waals surface area contributed by atoms with E-state index in [-0.39, 0.29) is 0 Å². The van der Waals surface area contributed by atoms with Crippen molar-refractivity contribution in [2.75, 3.05) is 0 Å². The second-order valence-corrected chi connectivity index (χ2v) is 5.23. The van der Waals surface area contributed by atoms with Gasteiger partial charge in [-0.3, -0.25) is 4.68 Å². The number of hydrogen-bond donors (Lipinski definition) is 1. The molecule has 0 bridgehead atoms. The summed E-state index contributed by atoms with van der Waals surface area (Å²) in [6.45, 7) is 2.83. The molecule has 0 aliphatic heterocycles. The number of benzene rings is 1. The number of aryl methyl sites for hydroxylation is 1. The largest absolute Gasteiger partial charge is 0.345 e. The molecular formula is C15H12ClN5. The van der Waals surface area contributed by atoms with Crippen LogP contribution in [0, 0.1) is 0 Å². The van der Waals surface area contributed by atoms with Crippen LogP contribution in [0.1, 0.15) is 6.92 Å². The highest BCUT2D eigenvalue weighted by Crippen LogP contribution is 2.29. The zero-order chi connectivity index (χ0) is 14.4. The van der Waals surface area contributed by atoms with Gasteiger partial charge in [0.05, 0.1) is 11.7 Å². The van der Waals surface area contributed by atoms with Gasteiger partial charge in [0, 0.05) is 23.2 Å². The highest BCUT2D eigenvalue weighted by Gasteiger charge is 2.14. The molecule has 0 amide bonds. The molecule has 0 fully saturated rings. The first-order valence-electron chi connectivity index (χ1n) is 6.73. The summed E-state index contributed by atoms with van der Waals surface area (Å²) in [6, 6.07) is 7.69. The van der Waals surface area contributed by atoms with Gasteiger partial charge in [0.15, 0.2) is 5.65 Å². The zero-order valence-electron chi connectivity index (χ0n) is 11.3. The fraction of sp³-hybridized carbons (Fsp3) is 0.133. The maximum Gasteiger partial charge on any atom is 0.156 e. The molecule has 0 radical (unpaired) electrons. The molecule has 0 saturated carbocycles. The summed E-state index contributed by atoms with van der Waals surface area (Å²) in [5, 5.41) is 6.39. The highest BCUT2D eigenvalue weighted by molar-refractivity contribution is 6.31. The second-order valence-electron chi connectivity index (χ2n) is 4.79. The first kappa shape index (κ1) is 12.3. The van der Waals surface area contributed by atoms with Crippen molar-refractivity contribution in [3.63, 3.8) is 0 Å². The Morgan fingerprint density at radius 3 is 3.05 bits per heavy atom. The van der Waals surface area contributed by atoms with Gasteiger partial charge >= 0.3 is 0 Å². The number of nitrogens with one attached hydrogen (secondary N) is 1. The average Bonchev–Trinajstić information content (AvgIpc) is 3.09. The first-order chi connectivity index (χ1) is 10.3. The van der Waals surface area contributed by atoms with Crippen LogP contribution in [-0.2, 0) is 6.54 Å². The predicted octanol–water partition coefficient (Wildman–Crippen LogP) is 3.65. The van der Waals surface area contributed by atoms with E-state index in [1.807, 2.05) is 35.1 Å². The van der Waals surface area contributed by atoms with Gasteiger partial charge in [-0.15, -0.1) is 0 Å². The third-order valence-corrected chi connectivity index (χ3v) is 3.75. The maximum atomic E-state index is 6.09. The molecule has 21 heavy (non-hydrogen) atoms. The molecule has 0 aliphatic carbocycles. The quantitative estimate of drug-likeness (QED) is 0.614. The van der Waals surface area contributed by atoms with Crippen molar-refractivity contribution in [2.24, 2.45) is 0 Å². The summed E-state index contributed by atoms with van der Waals surface area (Å²) in [5.41, 5.74) is 4.22. The number of nitrogens with zero attached hydrogens (tertiary/aromatic N) is 4. The van der Waals surface area contributed by atoms with Gasteiger partial charge in [-0.05, 0) is 31.2 Å². The van der Waals surface area contributed by atoms with Crippen molar-refractivity contribution in [1.82, 2.24) is 24.7 Å². The fourth-order valence-electron chi connectivity index (χ4n) is 2.52. The van der Waals surface area contributed by atoms with Crippen molar-refractivity contribution in [2.45, 2.75) is 13.5 Å². The molecule has 3 aromatic heterocycles. The van der Waals surface area contributed by atoms with Crippen molar-refractivity contribution in [3.05, 3.63) is 41.7 Å². The van der Waals surface area contributed by atoms with Gasteiger partial charge in [0.1, 0.15) is 16.9 Å². The molecule has 104 valence electrons. The van der Waals surface area contributed by atoms with Crippen LogP contribution in [0.15, 0.2) is 36.7 Å². The molecule has 4 aromatic rings. The average molecular weight is 298 g/mol. The van der Waals surface area contributed by atoms with E-state index < -0.39 is 0 Å². The van der Waals surface area contributed by atoms with Crippen LogP contribution in [-0.4, -0.2) is 24.7 Å². The smallest absolute Gasteiger partial charge is 0.156 e. The normalized spacial score (nSPS) is 11.5. The van der Waals surface area contributed by atoms with E-state index in [9.17, 15) is 0 Å². The molecular weight excluding hydrogens is 286 g/mol. The van der Waals surface area contributed by atoms with E-state index in [4.69, 9.17) is 11.6 Å². The molecule has 0 unspecified atom stereocenters. The molecule has 1 aromatic carbocycles. The van der Waals surface area contributed by atoms with E-state index in [1.165, 1.54) is 0 Å². The fourth-order valence-corrected chi connectivity index (χ4v) is 2.69. The lowest BCUT2D eigenvalue weighted by atomic mass is 10.2. The summed E-state index contributed by atoms with van der Waals surface area (Å²) in [6.07, 6.45) is 3.58. The Morgan fingerprint density at radius 2 is 2.19 bits per heavy atom. The summed E-state index contributed by atoms with van der Waals surface area (Å²) < 4.78 is 1.93. The number of rotatable bonds is 2. The van der Waals surface area contributed by atoms with Crippen LogP contribution < -0.4 is 0 Å². The monoisotopic (exact) mass is 297 g/mol. The van der Waals surface area contributed by atoms with Crippen LogP contribution in [0.3, 0.4) is 0 Å². The molecule has 0 aliphatic rings. The molecule has 5 nitrogen and oxygen atoms in total. The number of aromatic amines is 1. The van der Waals surface area contributed by atoms with Gasteiger partial charge in [-0.2, -0.15) is 5.10 Å². The lowest BCUT2D eigenvalue weighted by molar-refractivity contribution is 0.686. The molecule has 3 heterocycles. The third-order valence-electron chi connectivity index (χ3n) is 3.52. The van der Waals surface area contributed by atoms with Crippen LogP contribution in [0.25, 0.3) is 33.5 Å². The molecule has 4 rings (SSSR count). The van der Waals surface area contributed by atoms with Crippen molar-refractivity contribution >= 4 is 33.7 Å². The Morgan fingerprint density at radius 1 is 1.29 bits per heavy atom. The molecule has 1 N–H and O–H groups in total. The number of fused-ring (bicyclic) bond motifs is 2. The highest BCUT2D eigenvalue weighted by atomic mass is 35.5. The minimum absolute atomic E-state index is 0.704. The van der Waals surface area contributed by atoms with Gasteiger partial charge in [0.2, 0.25) is 0 Å². The Balaban J connectivity index is 2.00. The first-order valence-corrected chi connectivity index (χ1v) is 7.10. The summed E-state index contributed by atoms with van der Waals surface area (Å²) in [7, 11) is 0. The lowest BCUT2D eigenvalue weighted by Gasteiger charge is -1.97. The minimum atomic E-state index is 0.704. The van der Waals surface area contributed by atoms with E-state index in [1.54, 1.807) is 6.20 Å². The summed E-state index contributed by atoms with van der Waals surface area (Å²) >= 11 is 6.09. The third kappa shape index (κ3) is 1.89. The van der Waals surface area contributed by atoms with Crippen molar-refractivity contribution < 1.29 is 0 Å². The minimum Gasteiger partial charge on any atom is -0.345 e. The Hall–Kier alpha value is -2.40. The summed E-state index contributed by atoms with van der Waals surface area (Å²) in [5.74, 6) is 0. The molecule has 0 saturated heterocycles. The van der Waals surface area contributed by atoms with E-state index in [0.717, 1.165) is 40.0 Å². The number of hydrogen-bond acceptors (Lipinski definition) is 3. The van der Waals surface area contributed by atoms with Crippen molar-refractivity contribution in [1.29, 1.82) is 0 Å². The lowest BCUT2D eigenvalue weighted by Crippen LogP contribution is -1.96. The Bertz CT molecular complexity index is 953. The van der Waals surface area contributed by atoms with Crippen LogP contribution in [0.5, 0.6) is 0 Å². The van der Waals surface area contributed by atoms with Gasteiger partial charge in [-0.1, -0.05) is 11.6 Å². The Kier molecular flexibility index (Phi) is 2.68. The predicted molar refractivity (Wildman–Crippen MR) is 83.3 cm³/mol. The second kappa shape index (κ2) is 4.56. The number of halogens is 1. The standard InChI is InChI=1S/C15H12ClN5/c1-2-21-13-7-9(16)3-4-10(13)14(20-21)12-8-18-15-11(19-12)5-6-17-15/h3-8H,2H2,1H3,(H,17,18). The number of H-pyrrole nitrogens is 1. The molecule has 0 spiro atoms. The van der Waals surface area contributed by atoms with Crippen molar-refractivity contribution in [3.8, 4) is 11.4 Å². The van der Waals surface area contributed by atoms with Crippen LogP contribution in [0.4, 0.5) is 0 Å². The van der Waals surface area contributed by atoms with Crippen LogP contribution >= 0.6 is 11.6 Å². The van der Waals surface area contributed by atoms with E-state index in [0.29, 0.717) is 5.02 Å². The van der Waals surface area contributed by atoms with E-state index in [2.05, 4.69) is 27.0 Å². The van der Waals surface area contributed by atoms with Gasteiger partial charge in [-0.25, -0.2) is 9.97 Å². The van der Waals surface area contributed by atoms with Crippen LogP contribution in [0.2, 0.25) is 5.02 Å².